The van der Waals surface area contributed by atoms with Crippen molar-refractivity contribution in [2.45, 2.75) is 25.8 Å². The number of ether oxygens (including phenoxy) is 1. The number of halogens is 3. The molecule has 0 bridgehead atoms. The molecule has 0 aliphatic heterocycles. The van der Waals surface area contributed by atoms with Crippen molar-refractivity contribution in [3.63, 3.8) is 0 Å². The van der Waals surface area contributed by atoms with Crippen LogP contribution in [0.2, 0.25) is 0 Å². The molecule has 0 radical (unpaired) electrons. The SMILES string of the molecule is CC(=O)Cc1cc(OC(F)(F)F)ccc1C(O)C(=O)O. The van der Waals surface area contributed by atoms with E-state index in [4.69, 9.17) is 5.11 Å². The van der Waals surface area contributed by atoms with Crippen LogP contribution in [0.15, 0.2) is 18.2 Å². The van der Waals surface area contributed by atoms with E-state index in [1.165, 1.54) is 6.92 Å². The molecule has 0 saturated carbocycles. The highest BCUT2D eigenvalue weighted by atomic mass is 19.4. The Kier molecular flexibility index (Phi) is 4.72. The number of aliphatic hydroxyl groups excluding tert-OH is 1. The Morgan fingerprint density at radius 2 is 1.95 bits per heavy atom. The van der Waals surface area contributed by atoms with E-state index in [9.17, 15) is 27.9 Å². The Morgan fingerprint density at radius 3 is 2.40 bits per heavy atom. The van der Waals surface area contributed by atoms with Crippen LogP contribution in [0.4, 0.5) is 13.2 Å². The van der Waals surface area contributed by atoms with Crippen molar-refractivity contribution in [3.8, 4) is 5.75 Å². The molecule has 0 aliphatic carbocycles. The van der Waals surface area contributed by atoms with Gasteiger partial charge in [0.1, 0.15) is 11.5 Å². The second kappa shape index (κ2) is 5.91. The average molecular weight is 292 g/mol. The summed E-state index contributed by atoms with van der Waals surface area (Å²) in [6.45, 7) is 1.19. The molecule has 0 aromatic heterocycles. The van der Waals surface area contributed by atoms with E-state index >= 15 is 0 Å². The van der Waals surface area contributed by atoms with Crippen LogP contribution < -0.4 is 4.74 Å². The maximum absolute atomic E-state index is 12.1. The van der Waals surface area contributed by atoms with E-state index in [0.717, 1.165) is 18.2 Å². The lowest BCUT2D eigenvalue weighted by Gasteiger charge is -2.14. The Balaban J connectivity index is 3.19. The number of benzene rings is 1. The molecule has 2 N–H and O–H groups in total. The number of alkyl halides is 3. The number of ketones is 1. The minimum absolute atomic E-state index is 0.0332. The fourth-order valence-electron chi connectivity index (χ4n) is 1.60. The molecule has 0 aliphatic rings. The third kappa shape index (κ3) is 4.54. The van der Waals surface area contributed by atoms with Gasteiger partial charge in [-0.15, -0.1) is 13.2 Å². The van der Waals surface area contributed by atoms with Gasteiger partial charge in [-0.2, -0.15) is 0 Å². The monoisotopic (exact) mass is 292 g/mol. The van der Waals surface area contributed by atoms with Gasteiger partial charge >= 0.3 is 12.3 Å². The maximum atomic E-state index is 12.1. The van der Waals surface area contributed by atoms with Crippen LogP contribution in [-0.4, -0.2) is 28.3 Å². The number of carbonyl (C=O) groups is 2. The van der Waals surface area contributed by atoms with Crippen LogP contribution >= 0.6 is 0 Å². The summed E-state index contributed by atoms with van der Waals surface area (Å²) in [4.78, 5) is 21.8. The van der Waals surface area contributed by atoms with Crippen molar-refractivity contribution in [1.29, 1.82) is 0 Å². The zero-order valence-corrected chi connectivity index (χ0v) is 10.3. The molecule has 0 fully saturated rings. The fourth-order valence-corrected chi connectivity index (χ4v) is 1.60. The van der Waals surface area contributed by atoms with Gasteiger partial charge in [0.05, 0.1) is 0 Å². The molecule has 0 spiro atoms. The van der Waals surface area contributed by atoms with E-state index in [2.05, 4.69) is 4.74 Å². The molecule has 0 heterocycles. The summed E-state index contributed by atoms with van der Waals surface area (Å²) < 4.78 is 39.9. The Bertz CT molecular complexity index is 524. The molecule has 5 nitrogen and oxygen atoms in total. The van der Waals surface area contributed by atoms with Gasteiger partial charge in [-0.05, 0) is 30.2 Å². The molecule has 0 saturated heterocycles. The largest absolute Gasteiger partial charge is 0.573 e. The second-order valence-corrected chi connectivity index (χ2v) is 4.03. The number of carboxylic acids is 1. The van der Waals surface area contributed by atoms with Gasteiger partial charge in [0.25, 0.3) is 0 Å². The van der Waals surface area contributed by atoms with Gasteiger partial charge in [-0.1, -0.05) is 6.07 Å². The zero-order chi connectivity index (χ0) is 15.5. The molecule has 1 aromatic carbocycles. The first-order valence-electron chi connectivity index (χ1n) is 5.39. The summed E-state index contributed by atoms with van der Waals surface area (Å²) in [7, 11) is 0. The maximum Gasteiger partial charge on any atom is 0.573 e. The number of carboxylic acid groups (broad SMARTS) is 1. The quantitative estimate of drug-likeness (QED) is 0.865. The number of rotatable bonds is 5. The van der Waals surface area contributed by atoms with Crippen LogP contribution in [0.3, 0.4) is 0 Å². The molecule has 110 valence electrons. The van der Waals surface area contributed by atoms with E-state index in [1.54, 1.807) is 0 Å². The van der Waals surface area contributed by atoms with Crippen molar-refractivity contribution >= 4 is 11.8 Å². The molecule has 1 unspecified atom stereocenters. The van der Waals surface area contributed by atoms with Gasteiger partial charge in [0.2, 0.25) is 0 Å². The summed E-state index contributed by atoms with van der Waals surface area (Å²) in [5.41, 5.74) is -0.184. The molecule has 0 amide bonds. The van der Waals surface area contributed by atoms with Crippen LogP contribution in [0, 0.1) is 0 Å². The van der Waals surface area contributed by atoms with Crippen molar-refractivity contribution in [2.24, 2.45) is 0 Å². The predicted octanol–water partition coefficient (Wildman–Crippen LogP) is 1.83. The van der Waals surface area contributed by atoms with Crippen LogP contribution in [0.1, 0.15) is 24.2 Å². The number of aliphatic carboxylic acids is 1. The minimum atomic E-state index is -4.90. The summed E-state index contributed by atoms with van der Waals surface area (Å²) in [5, 5.41) is 18.1. The molecule has 1 aromatic rings. The fraction of sp³-hybridized carbons (Fsp3) is 0.333. The third-order valence-corrected chi connectivity index (χ3v) is 2.32. The number of Topliss-reactive ketones (excluding diaryl/α,β-unsaturated/α-hetero) is 1. The first-order valence-corrected chi connectivity index (χ1v) is 5.39. The number of hydrogen-bond acceptors (Lipinski definition) is 4. The van der Waals surface area contributed by atoms with Gasteiger partial charge in [0, 0.05) is 6.42 Å². The first kappa shape index (κ1) is 16.0. The normalized spacial score (nSPS) is 12.8. The van der Waals surface area contributed by atoms with Crippen molar-refractivity contribution in [2.75, 3.05) is 0 Å². The van der Waals surface area contributed by atoms with Gasteiger partial charge < -0.3 is 14.9 Å². The standard InChI is InChI=1S/C12H11F3O5/c1-6(16)4-7-5-8(20-12(13,14)15)2-3-9(7)10(17)11(18)19/h2-3,5,10,17H,4H2,1H3,(H,18,19). The second-order valence-electron chi connectivity index (χ2n) is 4.03. The van der Waals surface area contributed by atoms with Gasteiger partial charge in [0.15, 0.2) is 6.10 Å². The van der Waals surface area contributed by atoms with E-state index < -0.39 is 30.0 Å². The molecule has 1 rings (SSSR count). The van der Waals surface area contributed by atoms with Crippen LogP contribution in [0.25, 0.3) is 0 Å². The predicted molar refractivity (Wildman–Crippen MR) is 60.1 cm³/mol. The summed E-state index contributed by atoms with van der Waals surface area (Å²) in [5.74, 6) is -2.55. The molecular weight excluding hydrogens is 281 g/mol. The zero-order valence-electron chi connectivity index (χ0n) is 10.3. The van der Waals surface area contributed by atoms with Crippen LogP contribution in [-0.2, 0) is 16.0 Å². The van der Waals surface area contributed by atoms with Crippen molar-refractivity contribution in [3.05, 3.63) is 29.3 Å². The van der Waals surface area contributed by atoms with E-state index in [-0.39, 0.29) is 17.5 Å². The minimum Gasteiger partial charge on any atom is -0.479 e. The van der Waals surface area contributed by atoms with Gasteiger partial charge in [-0.25, -0.2) is 4.79 Å². The summed E-state index contributed by atoms with van der Waals surface area (Å²) >= 11 is 0. The Labute approximate surface area is 111 Å². The van der Waals surface area contributed by atoms with E-state index in [0.29, 0.717) is 0 Å². The highest BCUT2D eigenvalue weighted by Gasteiger charge is 2.31. The summed E-state index contributed by atoms with van der Waals surface area (Å²) in [6.07, 6.45) is -7.14. The average Bonchev–Trinajstić information content (AvgIpc) is 2.25. The summed E-state index contributed by atoms with van der Waals surface area (Å²) in [6, 6.07) is 2.74. The molecule has 8 heteroatoms. The number of carbonyl (C=O) groups excluding carboxylic acids is 1. The highest BCUT2D eigenvalue weighted by Crippen LogP contribution is 2.28. The molecule has 1 atom stereocenters. The van der Waals surface area contributed by atoms with Crippen molar-refractivity contribution < 1.29 is 37.7 Å². The number of aliphatic hydroxyl groups is 1. The van der Waals surface area contributed by atoms with E-state index in [1.807, 2.05) is 0 Å². The topological polar surface area (TPSA) is 83.8 Å². The smallest absolute Gasteiger partial charge is 0.479 e. The lowest BCUT2D eigenvalue weighted by molar-refractivity contribution is -0.274. The van der Waals surface area contributed by atoms with Crippen LogP contribution in [0.5, 0.6) is 5.75 Å². The molecular formula is C12H11F3O5. The Hall–Kier alpha value is -2.09. The highest BCUT2D eigenvalue weighted by molar-refractivity contribution is 5.80. The third-order valence-electron chi connectivity index (χ3n) is 2.32. The first-order chi connectivity index (χ1) is 9.10. The Morgan fingerprint density at radius 1 is 1.35 bits per heavy atom. The molecule has 20 heavy (non-hydrogen) atoms. The lowest BCUT2D eigenvalue weighted by Crippen LogP contribution is -2.18. The lowest BCUT2D eigenvalue weighted by atomic mass is 9.98. The number of hydrogen-bond donors (Lipinski definition) is 2. The van der Waals surface area contributed by atoms with Gasteiger partial charge in [-0.3, -0.25) is 4.79 Å². The van der Waals surface area contributed by atoms with Crippen molar-refractivity contribution in [1.82, 2.24) is 0 Å².